The molecule has 10 heteroatoms. The molecule has 2 heterocycles. The van der Waals surface area contributed by atoms with Crippen molar-refractivity contribution in [1.29, 1.82) is 0 Å². The zero-order valence-corrected chi connectivity index (χ0v) is 27.6. The fourth-order valence-electron chi connectivity index (χ4n) is 6.65. The molecular weight excluding hydrogens is 576 g/mol. The SMILES string of the molecule is CC(C)(C)OC(=O)N1CCO[C@@H]2Cc3c(O)cccc3C[C@H]21.COc1cccc2c1C[C@H]1OCCN(C(=O)OC(C)(C)C)[C@@H]1C2. The maximum absolute atomic E-state index is 12.5. The van der Waals surface area contributed by atoms with Crippen molar-refractivity contribution in [3.05, 3.63) is 58.7 Å². The van der Waals surface area contributed by atoms with Gasteiger partial charge < -0.3 is 28.8 Å². The number of hydrogen-bond acceptors (Lipinski definition) is 8. The first-order valence-electron chi connectivity index (χ1n) is 15.9. The quantitative estimate of drug-likeness (QED) is 0.456. The van der Waals surface area contributed by atoms with Crippen LogP contribution in [0.2, 0.25) is 0 Å². The second-order valence-electron chi connectivity index (χ2n) is 14.1. The average molecular weight is 625 g/mol. The van der Waals surface area contributed by atoms with Crippen molar-refractivity contribution in [2.45, 2.75) is 103 Å². The number of carbonyl (C=O) groups excluding carboxylic acids is 2. The van der Waals surface area contributed by atoms with Crippen LogP contribution in [-0.2, 0) is 44.6 Å². The van der Waals surface area contributed by atoms with E-state index in [9.17, 15) is 14.7 Å². The largest absolute Gasteiger partial charge is 0.508 e. The van der Waals surface area contributed by atoms with Crippen LogP contribution in [0.5, 0.6) is 11.5 Å². The minimum atomic E-state index is -0.504. The third-order valence-corrected chi connectivity index (χ3v) is 8.61. The molecule has 246 valence electrons. The van der Waals surface area contributed by atoms with Gasteiger partial charge in [0, 0.05) is 31.5 Å². The smallest absolute Gasteiger partial charge is 0.410 e. The average Bonchev–Trinajstić information content (AvgIpc) is 2.97. The minimum Gasteiger partial charge on any atom is -0.508 e. The van der Waals surface area contributed by atoms with Gasteiger partial charge in [-0.15, -0.1) is 0 Å². The Labute approximate surface area is 266 Å². The molecule has 4 aliphatic rings. The van der Waals surface area contributed by atoms with Gasteiger partial charge in [0.05, 0.1) is 44.6 Å². The summed E-state index contributed by atoms with van der Waals surface area (Å²) in [6, 6.07) is 11.6. The Hall–Kier alpha value is -3.50. The van der Waals surface area contributed by atoms with Crippen LogP contribution >= 0.6 is 0 Å². The summed E-state index contributed by atoms with van der Waals surface area (Å²) in [5.74, 6) is 1.22. The van der Waals surface area contributed by atoms with Crippen LogP contribution in [0.3, 0.4) is 0 Å². The first kappa shape index (κ1) is 32.9. The van der Waals surface area contributed by atoms with E-state index in [1.165, 1.54) is 11.1 Å². The highest BCUT2D eigenvalue weighted by Crippen LogP contribution is 2.36. The number of rotatable bonds is 1. The molecule has 2 aromatic rings. The molecule has 0 radical (unpaired) electrons. The maximum Gasteiger partial charge on any atom is 0.410 e. The van der Waals surface area contributed by atoms with E-state index in [4.69, 9.17) is 23.7 Å². The highest BCUT2D eigenvalue weighted by atomic mass is 16.6. The van der Waals surface area contributed by atoms with Gasteiger partial charge >= 0.3 is 12.2 Å². The summed E-state index contributed by atoms with van der Waals surface area (Å²) in [6.07, 6.45) is 2.25. The Morgan fingerprint density at radius 3 is 1.69 bits per heavy atom. The molecular formula is C35H48N2O8. The molecule has 1 N–H and O–H groups in total. The molecule has 2 amide bonds. The number of carbonyl (C=O) groups is 2. The lowest BCUT2D eigenvalue weighted by Crippen LogP contribution is -2.57. The van der Waals surface area contributed by atoms with Gasteiger partial charge in [-0.05, 0) is 83.2 Å². The van der Waals surface area contributed by atoms with Gasteiger partial charge in [-0.1, -0.05) is 24.3 Å². The van der Waals surface area contributed by atoms with Crippen LogP contribution in [0.1, 0.15) is 63.8 Å². The second-order valence-corrected chi connectivity index (χ2v) is 14.1. The Balaban J connectivity index is 0.000000178. The summed E-state index contributed by atoms with van der Waals surface area (Å²) in [6.45, 7) is 13.5. The molecule has 0 unspecified atom stereocenters. The van der Waals surface area contributed by atoms with Gasteiger partial charge in [0.1, 0.15) is 22.7 Å². The van der Waals surface area contributed by atoms with Crippen molar-refractivity contribution in [2.24, 2.45) is 0 Å². The maximum atomic E-state index is 12.5. The normalized spacial score (nSPS) is 24.1. The highest BCUT2D eigenvalue weighted by molar-refractivity contribution is 5.69. The summed E-state index contributed by atoms with van der Waals surface area (Å²) < 4.78 is 28.3. The molecule has 2 aromatic carbocycles. The van der Waals surface area contributed by atoms with E-state index < -0.39 is 11.2 Å². The molecule has 2 fully saturated rings. The van der Waals surface area contributed by atoms with Crippen LogP contribution in [0, 0.1) is 0 Å². The predicted octanol–water partition coefficient (Wildman–Crippen LogP) is 5.29. The zero-order chi connectivity index (χ0) is 32.5. The fraction of sp³-hybridized carbons (Fsp3) is 0.600. The molecule has 6 rings (SSSR count). The van der Waals surface area contributed by atoms with E-state index in [0.717, 1.165) is 29.7 Å². The summed E-state index contributed by atoms with van der Waals surface area (Å²) in [7, 11) is 1.69. The van der Waals surface area contributed by atoms with Crippen LogP contribution < -0.4 is 4.74 Å². The fourth-order valence-corrected chi connectivity index (χ4v) is 6.65. The molecule has 2 aliphatic carbocycles. The van der Waals surface area contributed by atoms with Crippen molar-refractivity contribution >= 4 is 12.2 Å². The molecule has 45 heavy (non-hydrogen) atoms. The number of amides is 2. The lowest BCUT2D eigenvalue weighted by Gasteiger charge is -2.44. The summed E-state index contributed by atoms with van der Waals surface area (Å²) in [4.78, 5) is 28.6. The Bertz CT molecular complexity index is 1380. The number of hydrogen-bond donors (Lipinski definition) is 1. The Morgan fingerprint density at radius 2 is 1.20 bits per heavy atom. The van der Waals surface area contributed by atoms with Gasteiger partial charge in [-0.3, -0.25) is 9.80 Å². The third-order valence-electron chi connectivity index (χ3n) is 8.61. The lowest BCUT2D eigenvalue weighted by molar-refractivity contribution is -0.0784. The number of benzene rings is 2. The number of fused-ring (bicyclic) bond motifs is 4. The molecule has 2 saturated heterocycles. The topological polar surface area (TPSA) is 107 Å². The van der Waals surface area contributed by atoms with Gasteiger partial charge in [0.2, 0.25) is 0 Å². The van der Waals surface area contributed by atoms with Crippen LogP contribution in [0.15, 0.2) is 36.4 Å². The number of ether oxygens (including phenoxy) is 5. The van der Waals surface area contributed by atoms with E-state index in [2.05, 4.69) is 6.07 Å². The molecule has 0 aromatic heterocycles. The zero-order valence-electron chi connectivity index (χ0n) is 27.6. The molecule has 0 bridgehead atoms. The Kier molecular flexibility index (Phi) is 9.56. The van der Waals surface area contributed by atoms with Crippen LogP contribution in [0.25, 0.3) is 0 Å². The minimum absolute atomic E-state index is 0.0000633. The van der Waals surface area contributed by atoms with Crippen LogP contribution in [-0.4, -0.2) is 96.0 Å². The van der Waals surface area contributed by atoms with E-state index in [0.29, 0.717) is 44.9 Å². The number of nitrogens with zero attached hydrogens (tertiary/aromatic N) is 2. The van der Waals surface area contributed by atoms with E-state index in [1.54, 1.807) is 18.1 Å². The number of phenolic OH excluding ortho intramolecular Hbond substituents is 1. The summed E-state index contributed by atoms with van der Waals surface area (Å²) in [5.41, 5.74) is 3.46. The molecule has 2 aliphatic heterocycles. The first-order chi connectivity index (χ1) is 21.2. The Morgan fingerprint density at radius 1 is 0.733 bits per heavy atom. The monoisotopic (exact) mass is 624 g/mol. The summed E-state index contributed by atoms with van der Waals surface area (Å²) in [5, 5.41) is 10.0. The standard InChI is InChI=1S/C18H25NO4.C17H23NO4/c1-18(2,3)23-17(20)19-8-9-22-16-11-13-12(10-14(16)19)6-5-7-15(13)21-4;1-17(2,3)22-16(20)18-7-8-21-15-10-12-11(9-13(15)18)5-4-6-14(12)19/h5-7,14,16H,8-11H2,1-4H3;4-6,13,15,19H,7-10H2,1-3H3/t14-,16-;13-,15-/m11/s1. The van der Waals surface area contributed by atoms with Crippen molar-refractivity contribution in [3.8, 4) is 11.5 Å². The van der Waals surface area contributed by atoms with Gasteiger partial charge in [-0.2, -0.15) is 0 Å². The van der Waals surface area contributed by atoms with Crippen molar-refractivity contribution in [2.75, 3.05) is 33.4 Å². The predicted molar refractivity (Wildman–Crippen MR) is 169 cm³/mol. The number of phenols is 1. The van der Waals surface area contributed by atoms with E-state index >= 15 is 0 Å². The van der Waals surface area contributed by atoms with E-state index in [1.807, 2.05) is 70.7 Å². The van der Waals surface area contributed by atoms with E-state index in [-0.39, 0.29) is 36.5 Å². The first-order valence-corrected chi connectivity index (χ1v) is 15.9. The third kappa shape index (κ3) is 7.66. The van der Waals surface area contributed by atoms with Crippen molar-refractivity contribution in [3.63, 3.8) is 0 Å². The molecule has 10 nitrogen and oxygen atoms in total. The molecule has 0 spiro atoms. The van der Waals surface area contributed by atoms with Gasteiger partial charge in [0.15, 0.2) is 0 Å². The lowest BCUT2D eigenvalue weighted by atomic mass is 9.84. The van der Waals surface area contributed by atoms with Crippen molar-refractivity contribution < 1.29 is 38.4 Å². The van der Waals surface area contributed by atoms with Crippen molar-refractivity contribution in [1.82, 2.24) is 9.80 Å². The number of methoxy groups -OCH3 is 1. The summed E-state index contributed by atoms with van der Waals surface area (Å²) >= 11 is 0. The second kappa shape index (κ2) is 13.1. The highest BCUT2D eigenvalue weighted by Gasteiger charge is 2.42. The molecule has 0 saturated carbocycles. The van der Waals surface area contributed by atoms with Gasteiger partial charge in [0.25, 0.3) is 0 Å². The molecule has 4 atom stereocenters. The van der Waals surface area contributed by atoms with Gasteiger partial charge in [-0.25, -0.2) is 9.59 Å². The number of aromatic hydroxyl groups is 1. The van der Waals surface area contributed by atoms with Crippen LogP contribution in [0.4, 0.5) is 9.59 Å². The number of morpholine rings is 2.